The molecule has 0 atom stereocenters. The van der Waals surface area contributed by atoms with Crippen molar-refractivity contribution in [3.8, 4) is 5.75 Å². The molecule has 0 aliphatic heterocycles. The van der Waals surface area contributed by atoms with Crippen molar-refractivity contribution in [1.82, 2.24) is 4.57 Å². The number of aromatic hydroxyl groups is 1. The van der Waals surface area contributed by atoms with Gasteiger partial charge in [0.1, 0.15) is 5.56 Å². The van der Waals surface area contributed by atoms with E-state index in [1.54, 1.807) is 6.07 Å². The quantitative estimate of drug-likeness (QED) is 0.568. The molecule has 4 heteroatoms. The largest absolute Gasteiger partial charge is 0.505 e. The zero-order valence-corrected chi connectivity index (χ0v) is 13.8. The standard InChI is InChI=1S/C21H17NO3/c1-25-21(24)17-12-11-16-15-9-5-6-10-18(15)22(19(16)20(17)23)13-14-7-3-2-4-8-14/h2-12,23H,13H2,1H3. The van der Waals surface area contributed by atoms with Crippen LogP contribution in [-0.2, 0) is 11.3 Å². The van der Waals surface area contributed by atoms with Crippen molar-refractivity contribution >= 4 is 27.8 Å². The minimum atomic E-state index is -0.545. The van der Waals surface area contributed by atoms with Crippen LogP contribution in [0.2, 0.25) is 0 Å². The zero-order valence-electron chi connectivity index (χ0n) is 13.8. The molecule has 1 heterocycles. The lowest BCUT2D eigenvalue weighted by Gasteiger charge is -2.10. The van der Waals surface area contributed by atoms with Crippen LogP contribution in [-0.4, -0.2) is 22.8 Å². The summed E-state index contributed by atoms with van der Waals surface area (Å²) in [5.41, 5.74) is 2.95. The smallest absolute Gasteiger partial charge is 0.341 e. The number of rotatable bonds is 3. The predicted octanol–water partition coefficient (Wildman–Crippen LogP) is 4.34. The van der Waals surface area contributed by atoms with Crippen LogP contribution in [0.1, 0.15) is 15.9 Å². The number of esters is 1. The number of carbonyl (C=O) groups is 1. The van der Waals surface area contributed by atoms with Gasteiger partial charge in [-0.05, 0) is 17.7 Å². The third kappa shape index (κ3) is 2.43. The Morgan fingerprint density at radius 1 is 0.960 bits per heavy atom. The summed E-state index contributed by atoms with van der Waals surface area (Å²) in [6, 6.07) is 21.5. The first-order valence-electron chi connectivity index (χ1n) is 8.06. The monoisotopic (exact) mass is 331 g/mol. The van der Waals surface area contributed by atoms with E-state index in [0.29, 0.717) is 12.1 Å². The SMILES string of the molecule is COC(=O)c1ccc2c3ccccc3n(Cc3ccccc3)c2c1O. The van der Waals surface area contributed by atoms with Crippen LogP contribution < -0.4 is 0 Å². The lowest BCUT2D eigenvalue weighted by molar-refractivity contribution is 0.0597. The molecule has 4 rings (SSSR count). The van der Waals surface area contributed by atoms with Crippen LogP contribution >= 0.6 is 0 Å². The Balaban J connectivity index is 2.04. The second-order valence-corrected chi connectivity index (χ2v) is 5.94. The van der Waals surface area contributed by atoms with E-state index in [-0.39, 0.29) is 11.3 Å². The number of nitrogens with zero attached hydrogens (tertiary/aromatic N) is 1. The van der Waals surface area contributed by atoms with Gasteiger partial charge in [-0.1, -0.05) is 54.6 Å². The molecule has 25 heavy (non-hydrogen) atoms. The van der Waals surface area contributed by atoms with Gasteiger partial charge < -0.3 is 14.4 Å². The highest BCUT2D eigenvalue weighted by Crippen LogP contribution is 2.37. The van der Waals surface area contributed by atoms with Gasteiger partial charge >= 0.3 is 5.97 Å². The Morgan fingerprint density at radius 3 is 2.44 bits per heavy atom. The first-order chi connectivity index (χ1) is 12.2. The normalized spacial score (nSPS) is 11.1. The summed E-state index contributed by atoms with van der Waals surface area (Å²) >= 11 is 0. The maximum absolute atomic E-state index is 12.0. The molecular weight excluding hydrogens is 314 g/mol. The maximum atomic E-state index is 12.0. The lowest BCUT2D eigenvalue weighted by Crippen LogP contribution is -2.04. The Hall–Kier alpha value is -3.27. The van der Waals surface area contributed by atoms with Crippen molar-refractivity contribution in [3.63, 3.8) is 0 Å². The molecule has 4 nitrogen and oxygen atoms in total. The van der Waals surface area contributed by atoms with Crippen LogP contribution in [0.4, 0.5) is 0 Å². The van der Waals surface area contributed by atoms with Gasteiger partial charge in [0.2, 0.25) is 0 Å². The van der Waals surface area contributed by atoms with Crippen LogP contribution in [0.25, 0.3) is 21.8 Å². The molecule has 0 aliphatic carbocycles. The number of benzene rings is 3. The summed E-state index contributed by atoms with van der Waals surface area (Å²) in [6.07, 6.45) is 0. The second-order valence-electron chi connectivity index (χ2n) is 5.94. The van der Waals surface area contributed by atoms with Crippen molar-refractivity contribution < 1.29 is 14.6 Å². The summed E-state index contributed by atoms with van der Waals surface area (Å²) < 4.78 is 6.83. The van der Waals surface area contributed by atoms with Crippen LogP contribution in [0.5, 0.6) is 5.75 Å². The zero-order chi connectivity index (χ0) is 17.4. The van der Waals surface area contributed by atoms with Crippen molar-refractivity contribution in [3.05, 3.63) is 77.9 Å². The van der Waals surface area contributed by atoms with Gasteiger partial charge in [-0.15, -0.1) is 0 Å². The molecule has 3 aromatic carbocycles. The van der Waals surface area contributed by atoms with Gasteiger partial charge in [0.05, 0.1) is 12.6 Å². The molecule has 0 radical (unpaired) electrons. The fraction of sp³-hybridized carbons (Fsp3) is 0.0952. The highest BCUT2D eigenvalue weighted by molar-refractivity contribution is 6.12. The molecule has 0 saturated heterocycles. The van der Waals surface area contributed by atoms with E-state index in [4.69, 9.17) is 4.74 Å². The molecule has 0 fully saturated rings. The van der Waals surface area contributed by atoms with Crippen molar-refractivity contribution in [2.75, 3.05) is 7.11 Å². The highest BCUT2D eigenvalue weighted by Gasteiger charge is 2.20. The van der Waals surface area contributed by atoms with Gasteiger partial charge in [0.15, 0.2) is 5.75 Å². The number of aromatic nitrogens is 1. The minimum Gasteiger partial charge on any atom is -0.505 e. The first kappa shape index (κ1) is 15.3. The van der Waals surface area contributed by atoms with Crippen LogP contribution in [0.3, 0.4) is 0 Å². The second kappa shape index (κ2) is 5.98. The van der Waals surface area contributed by atoms with Crippen LogP contribution in [0, 0.1) is 0 Å². The van der Waals surface area contributed by atoms with E-state index in [9.17, 15) is 9.90 Å². The molecule has 0 saturated carbocycles. The number of hydrogen-bond acceptors (Lipinski definition) is 3. The van der Waals surface area contributed by atoms with E-state index in [1.165, 1.54) is 7.11 Å². The number of carbonyl (C=O) groups excluding carboxylic acids is 1. The number of phenols is 1. The number of fused-ring (bicyclic) bond motifs is 3. The molecule has 0 bridgehead atoms. The molecule has 0 amide bonds. The van der Waals surface area contributed by atoms with Crippen LogP contribution in [0.15, 0.2) is 66.7 Å². The van der Waals surface area contributed by atoms with E-state index in [2.05, 4.69) is 0 Å². The van der Waals surface area contributed by atoms with Gasteiger partial charge in [-0.25, -0.2) is 4.79 Å². The number of ether oxygens (including phenoxy) is 1. The van der Waals surface area contributed by atoms with E-state index in [0.717, 1.165) is 21.9 Å². The topological polar surface area (TPSA) is 51.5 Å². The maximum Gasteiger partial charge on any atom is 0.341 e. The predicted molar refractivity (Wildman–Crippen MR) is 98.0 cm³/mol. The Kier molecular flexibility index (Phi) is 3.65. The van der Waals surface area contributed by atoms with Crippen molar-refractivity contribution in [2.45, 2.75) is 6.54 Å². The van der Waals surface area contributed by atoms with Gasteiger partial charge in [-0.3, -0.25) is 0 Å². The molecule has 4 aromatic rings. The molecule has 1 N–H and O–H groups in total. The van der Waals surface area contributed by atoms with Gasteiger partial charge in [0, 0.05) is 22.8 Å². The number of phenolic OH excluding ortho intramolecular Hbond substituents is 1. The average molecular weight is 331 g/mol. The molecular formula is C21H17NO3. The Labute approximate surface area is 144 Å². The number of methoxy groups -OCH3 is 1. The average Bonchev–Trinajstić information content (AvgIpc) is 2.97. The fourth-order valence-electron chi connectivity index (χ4n) is 3.33. The third-order valence-electron chi connectivity index (χ3n) is 4.49. The van der Waals surface area contributed by atoms with E-state index < -0.39 is 5.97 Å². The summed E-state index contributed by atoms with van der Waals surface area (Å²) in [6.45, 7) is 0.600. The highest BCUT2D eigenvalue weighted by atomic mass is 16.5. The fourth-order valence-corrected chi connectivity index (χ4v) is 3.33. The number of hydrogen-bond donors (Lipinski definition) is 1. The molecule has 0 unspecified atom stereocenters. The summed E-state index contributed by atoms with van der Waals surface area (Å²) in [5.74, 6) is -0.590. The summed E-state index contributed by atoms with van der Waals surface area (Å²) in [4.78, 5) is 12.0. The van der Waals surface area contributed by atoms with Crippen molar-refractivity contribution in [2.24, 2.45) is 0 Å². The van der Waals surface area contributed by atoms with E-state index >= 15 is 0 Å². The number of para-hydroxylation sites is 1. The first-order valence-corrected chi connectivity index (χ1v) is 8.06. The van der Waals surface area contributed by atoms with Gasteiger partial charge in [-0.2, -0.15) is 0 Å². The van der Waals surface area contributed by atoms with Crippen molar-refractivity contribution in [1.29, 1.82) is 0 Å². The third-order valence-corrected chi connectivity index (χ3v) is 4.49. The minimum absolute atomic E-state index is 0.0449. The Morgan fingerprint density at radius 2 is 1.68 bits per heavy atom. The molecule has 0 spiro atoms. The van der Waals surface area contributed by atoms with E-state index in [1.807, 2.05) is 65.2 Å². The Bertz CT molecular complexity index is 1080. The van der Waals surface area contributed by atoms with Gasteiger partial charge in [0.25, 0.3) is 0 Å². The molecule has 1 aromatic heterocycles. The summed E-state index contributed by atoms with van der Waals surface area (Å²) in [5, 5.41) is 12.7. The molecule has 0 aliphatic rings. The lowest BCUT2D eigenvalue weighted by atomic mass is 10.1. The summed E-state index contributed by atoms with van der Waals surface area (Å²) in [7, 11) is 1.31. The molecule has 124 valence electrons.